The fourth-order valence-electron chi connectivity index (χ4n) is 2.59. The molecule has 0 spiro atoms. The third kappa shape index (κ3) is 3.48. The van der Waals surface area contributed by atoms with Gasteiger partial charge >= 0.3 is 0 Å². The molecule has 0 fully saturated rings. The van der Waals surface area contributed by atoms with Crippen molar-refractivity contribution in [3.63, 3.8) is 0 Å². The molecule has 0 amide bonds. The van der Waals surface area contributed by atoms with Crippen molar-refractivity contribution in [1.29, 1.82) is 0 Å². The minimum absolute atomic E-state index is 0.221. The van der Waals surface area contributed by atoms with Crippen LogP contribution in [0.15, 0.2) is 23.1 Å². The number of fused-ring (bicyclic) bond motifs is 1. The molecule has 1 aliphatic rings. The maximum atomic E-state index is 11.3. The van der Waals surface area contributed by atoms with Gasteiger partial charge in [0.1, 0.15) is 0 Å². The van der Waals surface area contributed by atoms with Gasteiger partial charge < -0.3 is 4.90 Å². The standard InChI is InChI=1S/C14H22N2O2S/c1-2-3-4-5-9-16-10-8-12-11-13(19(15,17)18)6-7-14(12)16/h6-7,11H,2-5,8-10H2,1H3,(H2,15,17,18). The van der Waals surface area contributed by atoms with Crippen LogP contribution in [0.5, 0.6) is 0 Å². The van der Waals surface area contributed by atoms with E-state index in [1.807, 2.05) is 6.07 Å². The second-order valence-electron chi connectivity index (χ2n) is 5.13. The van der Waals surface area contributed by atoms with Crippen molar-refractivity contribution < 1.29 is 8.42 Å². The van der Waals surface area contributed by atoms with Crippen molar-refractivity contribution in [2.24, 2.45) is 5.14 Å². The monoisotopic (exact) mass is 282 g/mol. The maximum Gasteiger partial charge on any atom is 0.238 e. The van der Waals surface area contributed by atoms with Gasteiger partial charge in [0.2, 0.25) is 10.0 Å². The molecule has 106 valence electrons. The summed E-state index contributed by atoms with van der Waals surface area (Å²) in [6.07, 6.45) is 5.90. The number of hydrogen-bond acceptors (Lipinski definition) is 3. The summed E-state index contributed by atoms with van der Waals surface area (Å²) in [6.45, 7) is 4.25. The van der Waals surface area contributed by atoms with E-state index in [-0.39, 0.29) is 4.90 Å². The lowest BCUT2D eigenvalue weighted by atomic mass is 10.1. The molecule has 1 heterocycles. The van der Waals surface area contributed by atoms with Crippen molar-refractivity contribution in [3.8, 4) is 0 Å². The van der Waals surface area contributed by atoms with Crippen molar-refractivity contribution in [2.75, 3.05) is 18.0 Å². The number of hydrogen-bond donors (Lipinski definition) is 1. The Morgan fingerprint density at radius 3 is 2.74 bits per heavy atom. The summed E-state index contributed by atoms with van der Waals surface area (Å²) in [4.78, 5) is 2.57. The highest BCUT2D eigenvalue weighted by Crippen LogP contribution is 2.30. The predicted octanol–water partition coefficient (Wildman–Crippen LogP) is 2.28. The van der Waals surface area contributed by atoms with Gasteiger partial charge in [-0.3, -0.25) is 0 Å². The quantitative estimate of drug-likeness (QED) is 0.814. The van der Waals surface area contributed by atoms with Gasteiger partial charge in [-0.25, -0.2) is 13.6 Å². The van der Waals surface area contributed by atoms with Gasteiger partial charge in [0, 0.05) is 18.8 Å². The molecule has 2 N–H and O–H groups in total. The first-order valence-corrected chi connectivity index (χ1v) is 8.47. The van der Waals surface area contributed by atoms with Crippen LogP contribution in [0, 0.1) is 0 Å². The lowest BCUT2D eigenvalue weighted by Gasteiger charge is -2.19. The molecule has 1 aromatic rings. The lowest BCUT2D eigenvalue weighted by Crippen LogP contribution is -2.21. The van der Waals surface area contributed by atoms with E-state index in [1.54, 1.807) is 12.1 Å². The van der Waals surface area contributed by atoms with Crippen molar-refractivity contribution in [1.82, 2.24) is 0 Å². The molecule has 4 nitrogen and oxygen atoms in total. The number of unbranched alkanes of at least 4 members (excludes halogenated alkanes) is 3. The van der Waals surface area contributed by atoms with Crippen LogP contribution < -0.4 is 10.0 Å². The summed E-state index contributed by atoms with van der Waals surface area (Å²) in [5.74, 6) is 0. The topological polar surface area (TPSA) is 63.4 Å². The maximum absolute atomic E-state index is 11.3. The average Bonchev–Trinajstić information content (AvgIpc) is 2.76. The smallest absolute Gasteiger partial charge is 0.238 e. The Morgan fingerprint density at radius 1 is 1.26 bits per heavy atom. The molecule has 0 radical (unpaired) electrons. The highest BCUT2D eigenvalue weighted by atomic mass is 32.2. The fourth-order valence-corrected chi connectivity index (χ4v) is 3.15. The van der Waals surface area contributed by atoms with Crippen LogP contribution in [0.2, 0.25) is 0 Å². The third-order valence-electron chi connectivity index (χ3n) is 3.65. The van der Waals surface area contributed by atoms with E-state index in [1.165, 1.54) is 31.4 Å². The number of benzene rings is 1. The van der Waals surface area contributed by atoms with Gasteiger partial charge in [0.25, 0.3) is 0 Å². The Bertz CT molecular complexity index is 540. The van der Waals surface area contributed by atoms with Gasteiger partial charge in [-0.05, 0) is 36.6 Å². The van der Waals surface area contributed by atoms with E-state index in [4.69, 9.17) is 5.14 Å². The minimum atomic E-state index is -3.58. The highest BCUT2D eigenvalue weighted by molar-refractivity contribution is 7.89. The molecule has 0 saturated carbocycles. The molecule has 0 aromatic heterocycles. The summed E-state index contributed by atoms with van der Waals surface area (Å²) in [7, 11) is -3.58. The first-order valence-electron chi connectivity index (χ1n) is 6.93. The van der Waals surface area contributed by atoms with Crippen LogP contribution in [0.3, 0.4) is 0 Å². The van der Waals surface area contributed by atoms with E-state index < -0.39 is 10.0 Å². The Morgan fingerprint density at radius 2 is 2.05 bits per heavy atom. The number of primary sulfonamides is 1. The number of nitrogens with zero attached hydrogens (tertiary/aromatic N) is 1. The molecule has 19 heavy (non-hydrogen) atoms. The first-order chi connectivity index (χ1) is 9.02. The van der Waals surface area contributed by atoms with Gasteiger partial charge in [0.15, 0.2) is 0 Å². The molecule has 0 aliphatic carbocycles. The van der Waals surface area contributed by atoms with Crippen molar-refractivity contribution >= 4 is 15.7 Å². The summed E-state index contributed by atoms with van der Waals surface area (Å²) >= 11 is 0. The van der Waals surface area contributed by atoms with E-state index in [2.05, 4.69) is 11.8 Å². The molecule has 2 rings (SSSR count). The van der Waals surface area contributed by atoms with Crippen LogP contribution in [0.4, 0.5) is 5.69 Å². The minimum Gasteiger partial charge on any atom is -0.371 e. The zero-order valence-corrected chi connectivity index (χ0v) is 12.2. The molecule has 0 atom stereocenters. The third-order valence-corrected chi connectivity index (χ3v) is 4.56. The molecule has 1 aliphatic heterocycles. The van der Waals surface area contributed by atoms with Gasteiger partial charge in [0.05, 0.1) is 4.90 Å². The van der Waals surface area contributed by atoms with Crippen LogP contribution >= 0.6 is 0 Å². The largest absolute Gasteiger partial charge is 0.371 e. The normalized spacial score (nSPS) is 14.7. The van der Waals surface area contributed by atoms with Gasteiger partial charge in [-0.2, -0.15) is 0 Å². The van der Waals surface area contributed by atoms with E-state index in [9.17, 15) is 8.42 Å². The molecule has 0 bridgehead atoms. The Kier molecular flexibility index (Phi) is 4.47. The van der Waals surface area contributed by atoms with Crippen LogP contribution in [0.1, 0.15) is 38.2 Å². The summed E-state index contributed by atoms with van der Waals surface area (Å²) < 4.78 is 22.6. The van der Waals surface area contributed by atoms with Crippen LogP contribution in [0.25, 0.3) is 0 Å². The van der Waals surface area contributed by atoms with Crippen LogP contribution in [-0.2, 0) is 16.4 Å². The molecule has 0 unspecified atom stereocenters. The highest BCUT2D eigenvalue weighted by Gasteiger charge is 2.20. The van der Waals surface area contributed by atoms with E-state index in [0.29, 0.717) is 0 Å². The van der Waals surface area contributed by atoms with E-state index >= 15 is 0 Å². The van der Waals surface area contributed by atoms with Crippen molar-refractivity contribution in [2.45, 2.75) is 43.9 Å². The first kappa shape index (κ1) is 14.3. The SMILES string of the molecule is CCCCCCN1CCc2cc(S(N)(=O)=O)ccc21. The molecule has 0 saturated heterocycles. The summed E-state index contributed by atoms with van der Waals surface area (Å²) in [5.41, 5.74) is 2.27. The number of anilines is 1. The number of nitrogens with two attached hydrogens (primary N) is 1. The summed E-state index contributed by atoms with van der Waals surface area (Å²) in [6, 6.07) is 5.22. The number of rotatable bonds is 6. The molecule has 1 aromatic carbocycles. The molecular formula is C14H22N2O2S. The Balaban J connectivity index is 2.05. The predicted molar refractivity (Wildman–Crippen MR) is 77.9 cm³/mol. The summed E-state index contributed by atoms with van der Waals surface area (Å²) in [5, 5.41) is 5.16. The van der Waals surface area contributed by atoms with Crippen molar-refractivity contribution in [3.05, 3.63) is 23.8 Å². The fraction of sp³-hybridized carbons (Fsp3) is 0.571. The molecular weight excluding hydrogens is 260 g/mol. The second kappa shape index (κ2) is 5.92. The number of sulfonamides is 1. The zero-order valence-electron chi connectivity index (χ0n) is 11.4. The Hall–Kier alpha value is -1.07. The van der Waals surface area contributed by atoms with Gasteiger partial charge in [-0.15, -0.1) is 0 Å². The van der Waals surface area contributed by atoms with Crippen LogP contribution in [-0.4, -0.2) is 21.5 Å². The average molecular weight is 282 g/mol. The van der Waals surface area contributed by atoms with E-state index in [0.717, 1.165) is 25.1 Å². The Labute approximate surface area is 115 Å². The molecule has 5 heteroatoms. The van der Waals surface area contributed by atoms with Gasteiger partial charge in [-0.1, -0.05) is 26.2 Å². The second-order valence-corrected chi connectivity index (χ2v) is 6.69. The lowest BCUT2D eigenvalue weighted by molar-refractivity contribution is 0.597. The zero-order chi connectivity index (χ0) is 13.9.